The molecule has 12 N–H and O–H groups in total. The number of carboxylic acid groups (broad SMARTS) is 1. The highest BCUT2D eigenvalue weighted by molar-refractivity contribution is 7.80. The van der Waals surface area contributed by atoms with Crippen molar-refractivity contribution in [2.75, 3.05) is 25.4 Å². The van der Waals surface area contributed by atoms with Crippen LogP contribution in [-0.4, -0.2) is 78.3 Å². The first-order valence-corrected chi connectivity index (χ1v) is 10.5. The molecule has 0 unspecified atom stereocenters. The first-order valence-electron chi connectivity index (χ1n) is 9.85. The van der Waals surface area contributed by atoms with Gasteiger partial charge in [-0.1, -0.05) is 0 Å². The summed E-state index contributed by atoms with van der Waals surface area (Å²) >= 11 is 4.06. The smallest absolute Gasteiger partial charge is 0.326 e. The minimum Gasteiger partial charge on any atom is -0.480 e. The zero-order valence-corrected chi connectivity index (χ0v) is 18.3. The molecule has 0 aliphatic rings. The van der Waals surface area contributed by atoms with Gasteiger partial charge in [-0.15, -0.1) is 0 Å². The maximum atomic E-state index is 12.6. The van der Waals surface area contributed by atoms with Gasteiger partial charge >= 0.3 is 5.97 Å². The Hall–Kier alpha value is -2.58. The number of carboxylic acids is 1. The molecule has 14 heteroatoms. The lowest BCUT2D eigenvalue weighted by Crippen LogP contribution is -2.56. The first kappa shape index (κ1) is 28.4. The van der Waals surface area contributed by atoms with Crippen molar-refractivity contribution in [3.8, 4) is 0 Å². The lowest BCUT2D eigenvalue weighted by molar-refractivity contribution is -0.142. The van der Waals surface area contributed by atoms with Crippen LogP contribution in [0.4, 0.5) is 0 Å². The molecule has 31 heavy (non-hydrogen) atoms. The SMILES string of the molecule is NCCCC[C@H](NC(=O)CN)C(=O)N[C@@H](CS)C(=O)N[C@@H](CCCN=C(N)N)C(=O)O. The Kier molecular flexibility index (Phi) is 14.8. The molecule has 0 heterocycles. The molecule has 0 fully saturated rings. The molecule has 0 saturated carbocycles. The molecule has 0 aromatic rings. The number of thiol groups is 1. The third kappa shape index (κ3) is 12.7. The number of nitrogens with one attached hydrogen (secondary N) is 3. The number of hydrogen-bond acceptors (Lipinski definition) is 8. The van der Waals surface area contributed by atoms with Crippen LogP contribution in [0.25, 0.3) is 0 Å². The summed E-state index contributed by atoms with van der Waals surface area (Å²) in [5, 5.41) is 16.7. The minimum absolute atomic E-state index is 0.0827. The van der Waals surface area contributed by atoms with E-state index in [1.165, 1.54) is 0 Å². The molecule has 0 rings (SSSR count). The molecule has 0 aliphatic heterocycles. The van der Waals surface area contributed by atoms with E-state index in [2.05, 4.69) is 33.6 Å². The highest BCUT2D eigenvalue weighted by atomic mass is 32.1. The molecule has 0 saturated heterocycles. The van der Waals surface area contributed by atoms with Crippen LogP contribution in [0, 0.1) is 0 Å². The second-order valence-corrected chi connectivity index (χ2v) is 7.07. The Morgan fingerprint density at radius 1 is 0.871 bits per heavy atom. The summed E-state index contributed by atoms with van der Waals surface area (Å²) in [5.41, 5.74) is 21.2. The van der Waals surface area contributed by atoms with E-state index in [0.29, 0.717) is 32.2 Å². The molecule has 178 valence electrons. The summed E-state index contributed by atoms with van der Waals surface area (Å²) in [5.74, 6) is -3.28. The van der Waals surface area contributed by atoms with Gasteiger partial charge in [-0.05, 0) is 38.6 Å². The number of nitrogens with two attached hydrogens (primary N) is 4. The van der Waals surface area contributed by atoms with Gasteiger partial charge < -0.3 is 44.0 Å². The van der Waals surface area contributed by atoms with Gasteiger partial charge in [0.1, 0.15) is 18.1 Å². The fraction of sp³-hybridized carbons (Fsp3) is 0.706. The monoisotopic (exact) mass is 462 g/mol. The number of unbranched alkanes of at least 4 members (excludes halogenated alkanes) is 1. The van der Waals surface area contributed by atoms with E-state index in [1.54, 1.807) is 0 Å². The molecule has 3 amide bonds. The van der Waals surface area contributed by atoms with Gasteiger partial charge in [0.15, 0.2) is 5.96 Å². The average Bonchev–Trinajstić information content (AvgIpc) is 2.72. The van der Waals surface area contributed by atoms with Crippen molar-refractivity contribution in [3.63, 3.8) is 0 Å². The van der Waals surface area contributed by atoms with Gasteiger partial charge in [-0.25, -0.2) is 4.79 Å². The fourth-order valence-electron chi connectivity index (χ4n) is 2.51. The van der Waals surface area contributed by atoms with Crippen molar-refractivity contribution in [1.82, 2.24) is 16.0 Å². The predicted molar refractivity (Wildman–Crippen MR) is 119 cm³/mol. The largest absolute Gasteiger partial charge is 0.480 e. The van der Waals surface area contributed by atoms with E-state index in [1.807, 2.05) is 0 Å². The Morgan fingerprint density at radius 3 is 1.97 bits per heavy atom. The van der Waals surface area contributed by atoms with Crippen LogP contribution in [-0.2, 0) is 19.2 Å². The number of aliphatic carboxylic acids is 1. The number of rotatable bonds is 16. The van der Waals surface area contributed by atoms with Crippen LogP contribution in [0.5, 0.6) is 0 Å². The Morgan fingerprint density at radius 2 is 1.45 bits per heavy atom. The van der Waals surface area contributed by atoms with Gasteiger partial charge in [0, 0.05) is 12.3 Å². The van der Waals surface area contributed by atoms with E-state index in [9.17, 15) is 24.3 Å². The molecule has 0 aromatic heterocycles. The van der Waals surface area contributed by atoms with Crippen LogP contribution in [0.1, 0.15) is 32.1 Å². The van der Waals surface area contributed by atoms with Crippen LogP contribution in [0.3, 0.4) is 0 Å². The van der Waals surface area contributed by atoms with Gasteiger partial charge in [-0.2, -0.15) is 12.6 Å². The molecule has 13 nitrogen and oxygen atoms in total. The van der Waals surface area contributed by atoms with Crippen molar-refractivity contribution in [2.24, 2.45) is 27.9 Å². The number of guanidine groups is 1. The van der Waals surface area contributed by atoms with Gasteiger partial charge in [-0.3, -0.25) is 19.4 Å². The minimum atomic E-state index is -1.24. The molecule has 3 atom stereocenters. The maximum Gasteiger partial charge on any atom is 0.326 e. The number of hydrogen-bond donors (Lipinski definition) is 9. The van der Waals surface area contributed by atoms with Crippen molar-refractivity contribution in [3.05, 3.63) is 0 Å². The zero-order valence-electron chi connectivity index (χ0n) is 17.4. The number of carbonyl (C=O) groups is 4. The maximum absolute atomic E-state index is 12.6. The predicted octanol–water partition coefficient (Wildman–Crippen LogP) is -3.40. The van der Waals surface area contributed by atoms with Crippen molar-refractivity contribution >= 4 is 42.3 Å². The quantitative estimate of drug-likeness (QED) is 0.0479. The van der Waals surface area contributed by atoms with E-state index in [-0.39, 0.29) is 31.2 Å². The molecule has 0 aromatic carbocycles. The summed E-state index contributed by atoms with van der Waals surface area (Å²) in [4.78, 5) is 51.9. The third-order valence-electron chi connectivity index (χ3n) is 4.16. The molecule has 0 spiro atoms. The van der Waals surface area contributed by atoms with Gasteiger partial charge in [0.05, 0.1) is 6.54 Å². The van der Waals surface area contributed by atoms with Gasteiger partial charge in [0.2, 0.25) is 17.7 Å². The molecule has 0 aliphatic carbocycles. The average molecular weight is 463 g/mol. The summed E-state index contributed by atoms with van der Waals surface area (Å²) in [6.45, 7) is 0.345. The second kappa shape index (κ2) is 16.2. The molecule has 0 radical (unpaired) electrons. The zero-order chi connectivity index (χ0) is 23.8. The number of carbonyl (C=O) groups excluding carboxylic acids is 3. The second-order valence-electron chi connectivity index (χ2n) is 6.70. The van der Waals surface area contributed by atoms with E-state index < -0.39 is 41.8 Å². The lowest BCUT2D eigenvalue weighted by atomic mass is 10.1. The van der Waals surface area contributed by atoms with Gasteiger partial charge in [0.25, 0.3) is 0 Å². The van der Waals surface area contributed by atoms with E-state index in [4.69, 9.17) is 22.9 Å². The third-order valence-corrected chi connectivity index (χ3v) is 4.52. The Bertz CT molecular complexity index is 630. The van der Waals surface area contributed by atoms with E-state index in [0.717, 1.165) is 0 Å². The molecular weight excluding hydrogens is 428 g/mol. The lowest BCUT2D eigenvalue weighted by Gasteiger charge is -2.23. The number of nitrogens with zero attached hydrogens (tertiary/aromatic N) is 1. The summed E-state index contributed by atoms with van der Waals surface area (Å²) in [7, 11) is 0. The standard InChI is InChI=1S/C17H34N8O5S/c18-6-2-1-4-10(23-13(26)8-19)14(27)25-12(9-31)15(28)24-11(16(29)30)5-3-7-22-17(20)21/h10-12,31H,1-9,18-19H2,(H,23,26)(H,24,28)(H,25,27)(H,29,30)(H4,20,21,22)/t10-,11-,12-/m0/s1. The number of amides is 3. The highest BCUT2D eigenvalue weighted by Crippen LogP contribution is 2.04. The van der Waals surface area contributed by atoms with Crippen molar-refractivity contribution in [1.29, 1.82) is 0 Å². The number of aliphatic imine (C=N–C) groups is 1. The van der Waals surface area contributed by atoms with Crippen LogP contribution >= 0.6 is 12.6 Å². The van der Waals surface area contributed by atoms with Crippen LogP contribution in [0.2, 0.25) is 0 Å². The summed E-state index contributed by atoms with van der Waals surface area (Å²) in [6.07, 6.45) is 1.94. The fourth-order valence-corrected chi connectivity index (χ4v) is 2.77. The van der Waals surface area contributed by atoms with Crippen molar-refractivity contribution < 1.29 is 24.3 Å². The Labute approximate surface area is 186 Å². The summed E-state index contributed by atoms with van der Waals surface area (Å²) in [6, 6.07) is -3.21. The molecular formula is C17H34N8O5S. The summed E-state index contributed by atoms with van der Waals surface area (Å²) < 4.78 is 0. The highest BCUT2D eigenvalue weighted by Gasteiger charge is 2.28. The Balaban J connectivity index is 4.99. The first-order chi connectivity index (χ1) is 14.7. The van der Waals surface area contributed by atoms with E-state index >= 15 is 0 Å². The van der Waals surface area contributed by atoms with Crippen molar-refractivity contribution in [2.45, 2.75) is 50.2 Å². The molecule has 0 bridgehead atoms. The van der Waals surface area contributed by atoms with Crippen LogP contribution < -0.4 is 38.9 Å². The normalized spacial score (nSPS) is 13.4. The topological polar surface area (TPSA) is 241 Å². The van der Waals surface area contributed by atoms with Crippen LogP contribution in [0.15, 0.2) is 4.99 Å².